The van der Waals surface area contributed by atoms with Gasteiger partial charge in [-0.05, 0) is 19.1 Å². The third-order valence-electron chi connectivity index (χ3n) is 1.03. The maximum Gasteiger partial charge on any atom is 0.0372 e. The minimum Gasteiger partial charge on any atom is -0.262 e. The lowest BCUT2D eigenvalue weighted by Gasteiger charge is -1.87. The lowest BCUT2D eigenvalue weighted by atomic mass is 10.3. The predicted octanol–water partition coefficient (Wildman–Crippen LogP) is 2.09. The van der Waals surface area contributed by atoms with E-state index in [1.807, 2.05) is 37.3 Å². The Balaban J connectivity index is 2.77. The van der Waals surface area contributed by atoms with Gasteiger partial charge in [-0.1, -0.05) is 18.2 Å². The summed E-state index contributed by atoms with van der Waals surface area (Å²) in [6, 6.07) is 0. The number of rotatable bonds is 0. The Morgan fingerprint density at radius 1 is 1.11 bits per heavy atom. The molecule has 0 aromatic rings. The summed E-state index contributed by atoms with van der Waals surface area (Å²) in [5, 5.41) is 0. The smallest absolute Gasteiger partial charge is 0.0372 e. The van der Waals surface area contributed by atoms with Crippen LogP contribution in [0.1, 0.15) is 6.92 Å². The molecule has 1 nitrogen and oxygen atoms in total. The standard InChI is InChI=1S/C8H9N/c1-8-6-4-2-3-5-7-9-8/h2-7H,1H3. The summed E-state index contributed by atoms with van der Waals surface area (Å²) in [5.41, 5.74) is 1.04. The molecule has 0 N–H and O–H groups in total. The van der Waals surface area contributed by atoms with E-state index in [0.717, 1.165) is 5.70 Å². The second-order valence-electron chi connectivity index (χ2n) is 1.86. The van der Waals surface area contributed by atoms with Crippen molar-refractivity contribution in [3.05, 3.63) is 36.1 Å². The highest BCUT2D eigenvalue weighted by Crippen LogP contribution is 1.95. The predicted molar refractivity (Wildman–Crippen MR) is 40.5 cm³/mol. The number of aliphatic imine (C=N–C) groups is 1. The molecule has 0 aromatic carbocycles. The molecule has 0 saturated heterocycles. The quantitative estimate of drug-likeness (QED) is 0.463. The van der Waals surface area contributed by atoms with Crippen molar-refractivity contribution in [2.45, 2.75) is 6.92 Å². The fourth-order valence-electron chi connectivity index (χ4n) is 0.576. The molecule has 0 bridgehead atoms. The Bertz CT molecular complexity index is 195. The molecule has 46 valence electrons. The van der Waals surface area contributed by atoms with Crippen molar-refractivity contribution in [3.8, 4) is 0 Å². The maximum absolute atomic E-state index is 4.08. The monoisotopic (exact) mass is 119 g/mol. The lowest BCUT2D eigenvalue weighted by molar-refractivity contribution is 1.32. The molecular weight excluding hydrogens is 110 g/mol. The van der Waals surface area contributed by atoms with Crippen LogP contribution in [0, 0.1) is 0 Å². The van der Waals surface area contributed by atoms with Gasteiger partial charge in [-0.15, -0.1) is 0 Å². The van der Waals surface area contributed by atoms with Crippen molar-refractivity contribution in [1.29, 1.82) is 0 Å². The topological polar surface area (TPSA) is 12.4 Å². The van der Waals surface area contributed by atoms with Crippen LogP contribution in [-0.2, 0) is 0 Å². The summed E-state index contributed by atoms with van der Waals surface area (Å²) < 4.78 is 0. The van der Waals surface area contributed by atoms with Crippen molar-refractivity contribution < 1.29 is 0 Å². The van der Waals surface area contributed by atoms with Crippen molar-refractivity contribution in [2.75, 3.05) is 0 Å². The largest absolute Gasteiger partial charge is 0.262 e. The summed E-state index contributed by atoms with van der Waals surface area (Å²) in [6.45, 7) is 1.97. The zero-order valence-electron chi connectivity index (χ0n) is 5.41. The van der Waals surface area contributed by atoms with Crippen LogP contribution in [0.2, 0.25) is 0 Å². The van der Waals surface area contributed by atoms with Gasteiger partial charge in [0.15, 0.2) is 0 Å². The average molecular weight is 119 g/mol. The van der Waals surface area contributed by atoms with Crippen molar-refractivity contribution in [1.82, 2.24) is 0 Å². The minimum atomic E-state index is 1.04. The van der Waals surface area contributed by atoms with Crippen LogP contribution < -0.4 is 0 Å². The van der Waals surface area contributed by atoms with Crippen LogP contribution in [-0.4, -0.2) is 6.21 Å². The molecule has 1 heteroatoms. The van der Waals surface area contributed by atoms with Gasteiger partial charge < -0.3 is 0 Å². The fraction of sp³-hybridized carbons (Fsp3) is 0.125. The summed E-state index contributed by atoms with van der Waals surface area (Å²) in [6.07, 6.45) is 11.6. The molecule has 0 amide bonds. The average Bonchev–Trinajstić information content (AvgIpc) is 1.79. The van der Waals surface area contributed by atoms with E-state index in [1.165, 1.54) is 0 Å². The molecule has 0 aromatic heterocycles. The zero-order chi connectivity index (χ0) is 6.53. The van der Waals surface area contributed by atoms with E-state index in [4.69, 9.17) is 0 Å². The second-order valence-corrected chi connectivity index (χ2v) is 1.86. The Morgan fingerprint density at radius 2 is 1.89 bits per heavy atom. The molecule has 0 fully saturated rings. The first kappa shape index (κ1) is 6.02. The molecule has 0 spiro atoms. The molecule has 9 heavy (non-hydrogen) atoms. The normalized spacial score (nSPS) is 16.8. The first-order valence-corrected chi connectivity index (χ1v) is 2.94. The van der Waals surface area contributed by atoms with Gasteiger partial charge in [0.05, 0.1) is 0 Å². The van der Waals surface area contributed by atoms with E-state index in [2.05, 4.69) is 4.99 Å². The number of allylic oxidation sites excluding steroid dienone is 6. The van der Waals surface area contributed by atoms with Crippen molar-refractivity contribution >= 4 is 6.21 Å². The highest BCUT2D eigenvalue weighted by molar-refractivity contribution is 5.72. The molecule has 0 aliphatic carbocycles. The SMILES string of the molecule is CC1=CC=CC=CC=N1. The second kappa shape index (κ2) is 3.02. The summed E-state index contributed by atoms with van der Waals surface area (Å²) >= 11 is 0. The van der Waals surface area contributed by atoms with Crippen LogP contribution >= 0.6 is 0 Å². The first-order valence-electron chi connectivity index (χ1n) is 2.94. The Labute approximate surface area is 55.1 Å². The van der Waals surface area contributed by atoms with E-state index in [-0.39, 0.29) is 0 Å². The van der Waals surface area contributed by atoms with E-state index < -0.39 is 0 Å². The van der Waals surface area contributed by atoms with Crippen LogP contribution in [0.3, 0.4) is 0 Å². The van der Waals surface area contributed by atoms with Gasteiger partial charge in [-0.25, -0.2) is 0 Å². The highest BCUT2D eigenvalue weighted by Gasteiger charge is 1.77. The van der Waals surface area contributed by atoms with E-state index in [9.17, 15) is 0 Å². The van der Waals surface area contributed by atoms with Gasteiger partial charge in [0, 0.05) is 11.9 Å². The first-order chi connectivity index (χ1) is 4.39. The van der Waals surface area contributed by atoms with E-state index in [0.29, 0.717) is 0 Å². The third kappa shape index (κ3) is 2.08. The molecule has 1 rings (SSSR count). The molecule has 1 aliphatic heterocycles. The van der Waals surface area contributed by atoms with Crippen molar-refractivity contribution in [3.63, 3.8) is 0 Å². The number of nitrogens with zero attached hydrogens (tertiary/aromatic N) is 1. The van der Waals surface area contributed by atoms with Gasteiger partial charge >= 0.3 is 0 Å². The molecule has 1 aliphatic rings. The molecule has 0 unspecified atom stereocenters. The summed E-state index contributed by atoms with van der Waals surface area (Å²) in [5.74, 6) is 0. The molecule has 0 radical (unpaired) electrons. The Kier molecular flexibility index (Phi) is 2.02. The van der Waals surface area contributed by atoms with Gasteiger partial charge in [0.2, 0.25) is 0 Å². The zero-order valence-corrected chi connectivity index (χ0v) is 5.41. The van der Waals surface area contributed by atoms with Crippen LogP contribution in [0.4, 0.5) is 0 Å². The third-order valence-corrected chi connectivity index (χ3v) is 1.03. The van der Waals surface area contributed by atoms with E-state index >= 15 is 0 Å². The maximum atomic E-state index is 4.08. The molecule has 1 heterocycles. The molecule has 0 atom stereocenters. The van der Waals surface area contributed by atoms with Crippen molar-refractivity contribution in [2.24, 2.45) is 4.99 Å². The Hall–Kier alpha value is -1.11. The van der Waals surface area contributed by atoms with Gasteiger partial charge in [0.25, 0.3) is 0 Å². The fourth-order valence-corrected chi connectivity index (χ4v) is 0.576. The van der Waals surface area contributed by atoms with Crippen LogP contribution in [0.15, 0.2) is 41.1 Å². The van der Waals surface area contributed by atoms with E-state index in [1.54, 1.807) is 6.21 Å². The van der Waals surface area contributed by atoms with Gasteiger partial charge in [0.1, 0.15) is 0 Å². The van der Waals surface area contributed by atoms with Gasteiger partial charge in [-0.3, -0.25) is 4.99 Å². The van der Waals surface area contributed by atoms with Gasteiger partial charge in [-0.2, -0.15) is 0 Å². The number of hydrogen-bond donors (Lipinski definition) is 0. The number of hydrogen-bond acceptors (Lipinski definition) is 1. The summed E-state index contributed by atoms with van der Waals surface area (Å²) in [7, 11) is 0. The lowest BCUT2D eigenvalue weighted by Crippen LogP contribution is -1.71. The molecular formula is C8H9N. The Morgan fingerprint density at radius 3 is 2.78 bits per heavy atom. The summed E-state index contributed by atoms with van der Waals surface area (Å²) in [4.78, 5) is 4.08. The van der Waals surface area contributed by atoms with Crippen LogP contribution in [0.5, 0.6) is 0 Å². The highest BCUT2D eigenvalue weighted by atomic mass is 14.7. The minimum absolute atomic E-state index is 1.04. The molecule has 0 saturated carbocycles. The van der Waals surface area contributed by atoms with Crippen LogP contribution in [0.25, 0.3) is 0 Å².